The Morgan fingerprint density at radius 2 is 2.17 bits per heavy atom. The van der Waals surface area contributed by atoms with E-state index in [0.29, 0.717) is 13.1 Å². The van der Waals surface area contributed by atoms with Gasteiger partial charge in [-0.2, -0.15) is 13.2 Å². The van der Waals surface area contributed by atoms with Gasteiger partial charge in [0.05, 0.1) is 12.0 Å². The SMILES string of the molecule is O=C(O)CC1CN(c2ncccc2C(F)(F)F)C1. The molecule has 1 aliphatic heterocycles. The van der Waals surface area contributed by atoms with Crippen LogP contribution in [0.25, 0.3) is 0 Å². The summed E-state index contributed by atoms with van der Waals surface area (Å²) in [6, 6.07) is 2.22. The number of hydrogen-bond acceptors (Lipinski definition) is 3. The number of carboxylic acid groups (broad SMARTS) is 1. The van der Waals surface area contributed by atoms with E-state index in [-0.39, 0.29) is 18.2 Å². The van der Waals surface area contributed by atoms with Crippen LogP contribution in [0.15, 0.2) is 18.3 Å². The smallest absolute Gasteiger partial charge is 0.419 e. The number of hydrogen-bond donors (Lipinski definition) is 1. The maximum Gasteiger partial charge on any atom is 0.419 e. The van der Waals surface area contributed by atoms with Crippen LogP contribution in [0.4, 0.5) is 19.0 Å². The van der Waals surface area contributed by atoms with Crippen LogP contribution in [0, 0.1) is 5.92 Å². The second-order valence-corrected chi connectivity index (χ2v) is 4.24. The molecule has 0 spiro atoms. The third-order valence-electron chi connectivity index (χ3n) is 2.81. The fourth-order valence-electron chi connectivity index (χ4n) is 1.99. The second-order valence-electron chi connectivity index (χ2n) is 4.24. The average Bonchev–Trinajstić information content (AvgIpc) is 2.21. The van der Waals surface area contributed by atoms with Gasteiger partial charge in [-0.1, -0.05) is 0 Å². The summed E-state index contributed by atoms with van der Waals surface area (Å²) in [6.45, 7) is 0.596. The van der Waals surface area contributed by atoms with E-state index in [1.807, 2.05) is 0 Å². The molecular weight excluding hydrogens is 249 g/mol. The van der Waals surface area contributed by atoms with Crippen molar-refractivity contribution in [1.29, 1.82) is 0 Å². The highest BCUT2D eigenvalue weighted by atomic mass is 19.4. The molecule has 1 aromatic heterocycles. The van der Waals surface area contributed by atoms with Gasteiger partial charge >= 0.3 is 12.1 Å². The Labute approximate surface area is 101 Å². The molecule has 0 unspecified atom stereocenters. The standard InChI is InChI=1S/C11H11F3N2O2/c12-11(13,14)8-2-1-3-15-10(8)16-5-7(6-16)4-9(17)18/h1-3,7H,4-6H2,(H,17,18). The minimum atomic E-state index is -4.44. The topological polar surface area (TPSA) is 53.4 Å². The fourth-order valence-corrected chi connectivity index (χ4v) is 1.99. The maximum absolute atomic E-state index is 12.7. The summed E-state index contributed by atoms with van der Waals surface area (Å²) in [5.74, 6) is -1.16. The zero-order valence-electron chi connectivity index (χ0n) is 9.31. The van der Waals surface area contributed by atoms with Crippen molar-refractivity contribution in [3.05, 3.63) is 23.9 Å². The van der Waals surface area contributed by atoms with E-state index >= 15 is 0 Å². The first kappa shape index (κ1) is 12.7. The molecule has 98 valence electrons. The number of pyridine rings is 1. The van der Waals surface area contributed by atoms with Gasteiger partial charge in [-0.25, -0.2) is 4.98 Å². The maximum atomic E-state index is 12.7. The molecule has 0 saturated carbocycles. The summed E-state index contributed by atoms with van der Waals surface area (Å²) in [4.78, 5) is 15.7. The fraction of sp³-hybridized carbons (Fsp3) is 0.455. The van der Waals surface area contributed by atoms with E-state index in [9.17, 15) is 18.0 Å². The van der Waals surface area contributed by atoms with E-state index in [0.717, 1.165) is 6.07 Å². The van der Waals surface area contributed by atoms with Crippen LogP contribution in [-0.4, -0.2) is 29.1 Å². The van der Waals surface area contributed by atoms with Crippen LogP contribution in [-0.2, 0) is 11.0 Å². The first-order valence-corrected chi connectivity index (χ1v) is 5.37. The monoisotopic (exact) mass is 260 g/mol. The minimum Gasteiger partial charge on any atom is -0.481 e. The Morgan fingerprint density at radius 3 is 2.72 bits per heavy atom. The van der Waals surface area contributed by atoms with Gasteiger partial charge in [-0.15, -0.1) is 0 Å². The molecule has 18 heavy (non-hydrogen) atoms. The molecule has 0 aliphatic carbocycles. The minimum absolute atomic E-state index is 0.0231. The lowest BCUT2D eigenvalue weighted by Gasteiger charge is -2.40. The molecule has 1 aromatic rings. The lowest BCUT2D eigenvalue weighted by Crippen LogP contribution is -2.48. The Bertz CT molecular complexity index is 456. The summed E-state index contributed by atoms with van der Waals surface area (Å²) in [6.07, 6.45) is -3.17. The zero-order chi connectivity index (χ0) is 13.3. The second kappa shape index (κ2) is 4.47. The van der Waals surface area contributed by atoms with Gasteiger partial charge < -0.3 is 10.0 Å². The molecule has 0 aromatic carbocycles. The quantitative estimate of drug-likeness (QED) is 0.903. The molecule has 1 saturated heterocycles. The molecule has 1 N–H and O–H groups in total. The number of nitrogens with zero attached hydrogens (tertiary/aromatic N) is 2. The molecule has 0 radical (unpaired) electrons. The van der Waals surface area contributed by atoms with Gasteiger partial charge in [0.2, 0.25) is 0 Å². The Hall–Kier alpha value is -1.79. The van der Waals surface area contributed by atoms with Crippen molar-refractivity contribution in [3.8, 4) is 0 Å². The van der Waals surface area contributed by atoms with Crippen LogP contribution in [0.5, 0.6) is 0 Å². The first-order valence-electron chi connectivity index (χ1n) is 5.37. The largest absolute Gasteiger partial charge is 0.481 e. The molecule has 7 heteroatoms. The average molecular weight is 260 g/mol. The summed E-state index contributed by atoms with van der Waals surface area (Å²) in [7, 11) is 0. The molecular formula is C11H11F3N2O2. The van der Waals surface area contributed by atoms with Gasteiger partial charge in [-0.05, 0) is 12.1 Å². The van der Waals surface area contributed by atoms with Crippen molar-refractivity contribution < 1.29 is 23.1 Å². The summed E-state index contributed by atoms with van der Waals surface area (Å²) in [5.41, 5.74) is -0.779. The lowest BCUT2D eigenvalue weighted by molar-refractivity contribution is -0.139. The van der Waals surface area contributed by atoms with Gasteiger partial charge in [0.25, 0.3) is 0 Å². The Balaban J connectivity index is 2.10. The summed E-state index contributed by atoms with van der Waals surface area (Å²) < 4.78 is 38.1. The van der Waals surface area contributed by atoms with Crippen molar-refractivity contribution in [2.24, 2.45) is 5.92 Å². The van der Waals surface area contributed by atoms with Crippen LogP contribution in [0.1, 0.15) is 12.0 Å². The lowest BCUT2D eigenvalue weighted by atomic mass is 9.96. The third kappa shape index (κ3) is 2.55. The number of aromatic nitrogens is 1. The number of carboxylic acids is 1. The van der Waals surface area contributed by atoms with Crippen LogP contribution in [0.3, 0.4) is 0 Å². The molecule has 1 aliphatic rings. The van der Waals surface area contributed by atoms with Crippen molar-refractivity contribution in [3.63, 3.8) is 0 Å². The number of aliphatic carboxylic acids is 1. The predicted molar refractivity (Wildman–Crippen MR) is 57.2 cm³/mol. The van der Waals surface area contributed by atoms with Crippen molar-refractivity contribution >= 4 is 11.8 Å². The molecule has 4 nitrogen and oxygen atoms in total. The van der Waals surface area contributed by atoms with Crippen molar-refractivity contribution in [1.82, 2.24) is 4.98 Å². The highest BCUT2D eigenvalue weighted by Crippen LogP contribution is 2.37. The third-order valence-corrected chi connectivity index (χ3v) is 2.81. The molecule has 1 fully saturated rings. The number of carbonyl (C=O) groups is 1. The number of rotatable bonds is 3. The normalized spacial score (nSPS) is 16.5. The summed E-state index contributed by atoms with van der Waals surface area (Å²) in [5, 5.41) is 8.58. The van der Waals surface area contributed by atoms with Crippen molar-refractivity contribution in [2.45, 2.75) is 12.6 Å². The van der Waals surface area contributed by atoms with Crippen LogP contribution in [0.2, 0.25) is 0 Å². The van der Waals surface area contributed by atoms with Gasteiger partial charge in [-0.3, -0.25) is 4.79 Å². The molecule has 0 atom stereocenters. The van der Waals surface area contributed by atoms with Crippen LogP contribution < -0.4 is 4.90 Å². The molecule has 2 rings (SSSR count). The van der Waals surface area contributed by atoms with E-state index in [4.69, 9.17) is 5.11 Å². The van der Waals surface area contributed by atoms with E-state index in [1.54, 1.807) is 0 Å². The highest BCUT2D eigenvalue weighted by molar-refractivity contribution is 5.68. The molecule has 0 bridgehead atoms. The van der Waals surface area contributed by atoms with Gasteiger partial charge in [0, 0.05) is 25.2 Å². The highest BCUT2D eigenvalue weighted by Gasteiger charge is 2.39. The first-order chi connectivity index (χ1) is 8.38. The Kier molecular flexibility index (Phi) is 3.14. The zero-order valence-corrected chi connectivity index (χ0v) is 9.31. The van der Waals surface area contributed by atoms with E-state index < -0.39 is 17.7 Å². The van der Waals surface area contributed by atoms with Crippen molar-refractivity contribution in [2.75, 3.05) is 18.0 Å². The molecule has 0 amide bonds. The summed E-state index contributed by atoms with van der Waals surface area (Å²) >= 11 is 0. The van der Waals surface area contributed by atoms with Gasteiger partial charge in [0.15, 0.2) is 0 Å². The predicted octanol–water partition coefficient (Wildman–Crippen LogP) is 2.01. The number of halogens is 3. The van der Waals surface area contributed by atoms with Crippen LogP contribution >= 0.6 is 0 Å². The number of alkyl halides is 3. The van der Waals surface area contributed by atoms with E-state index in [2.05, 4.69) is 4.98 Å². The number of anilines is 1. The van der Waals surface area contributed by atoms with Gasteiger partial charge in [0.1, 0.15) is 5.82 Å². The molecule has 2 heterocycles. The van der Waals surface area contributed by atoms with E-state index in [1.165, 1.54) is 17.2 Å². The Morgan fingerprint density at radius 1 is 1.50 bits per heavy atom.